The van der Waals surface area contributed by atoms with Crippen LogP contribution in [-0.2, 0) is 0 Å². The van der Waals surface area contributed by atoms with E-state index in [2.05, 4.69) is 22.0 Å². The van der Waals surface area contributed by atoms with Crippen LogP contribution in [0.4, 0.5) is 0 Å². The second kappa shape index (κ2) is 5.14. The van der Waals surface area contributed by atoms with E-state index in [-0.39, 0.29) is 12.1 Å². The largest absolute Gasteiger partial charge is 0.424 e. The van der Waals surface area contributed by atoms with Crippen molar-refractivity contribution in [3.05, 3.63) is 11.8 Å². The van der Waals surface area contributed by atoms with Gasteiger partial charge < -0.3 is 9.52 Å². The fourth-order valence-electron chi connectivity index (χ4n) is 2.64. The van der Waals surface area contributed by atoms with Crippen molar-refractivity contribution >= 4 is 0 Å². The second-order valence-electron chi connectivity index (χ2n) is 4.95. The Morgan fingerprint density at radius 1 is 1.47 bits per heavy atom. The van der Waals surface area contributed by atoms with Gasteiger partial charge in [0.2, 0.25) is 11.8 Å². The molecule has 2 rings (SSSR count). The Bertz CT molecular complexity index is 364. The molecule has 3 atom stereocenters. The van der Waals surface area contributed by atoms with Crippen molar-refractivity contribution in [2.75, 3.05) is 6.54 Å². The van der Waals surface area contributed by atoms with E-state index >= 15 is 0 Å². The normalized spacial score (nSPS) is 25.1. The summed E-state index contributed by atoms with van der Waals surface area (Å²) in [6.45, 7) is 6.78. The van der Waals surface area contributed by atoms with Crippen LogP contribution in [0.1, 0.15) is 50.9 Å². The van der Waals surface area contributed by atoms with Crippen LogP contribution in [0, 0.1) is 6.92 Å². The molecule has 5 heteroatoms. The van der Waals surface area contributed by atoms with E-state index in [1.807, 2.05) is 6.92 Å². The molecule has 1 aromatic heterocycles. The first-order chi connectivity index (χ1) is 8.08. The SMILES string of the molecule is Cc1nnc(C(C)N2CCCC2CC(C)O)o1. The Hall–Kier alpha value is -0.940. The number of aliphatic hydroxyl groups excluding tert-OH is 1. The highest BCUT2D eigenvalue weighted by atomic mass is 16.4. The molecule has 1 aromatic rings. The highest BCUT2D eigenvalue weighted by molar-refractivity contribution is 4.93. The predicted molar refractivity (Wildman–Crippen MR) is 63.5 cm³/mol. The minimum Gasteiger partial charge on any atom is -0.424 e. The first-order valence-electron chi connectivity index (χ1n) is 6.31. The quantitative estimate of drug-likeness (QED) is 0.866. The number of nitrogens with zero attached hydrogens (tertiary/aromatic N) is 3. The average molecular weight is 239 g/mol. The maximum Gasteiger partial charge on any atom is 0.233 e. The summed E-state index contributed by atoms with van der Waals surface area (Å²) in [5.41, 5.74) is 0. The molecule has 2 heterocycles. The van der Waals surface area contributed by atoms with Crippen LogP contribution in [0.5, 0.6) is 0 Å². The van der Waals surface area contributed by atoms with Gasteiger partial charge >= 0.3 is 0 Å². The fraction of sp³-hybridized carbons (Fsp3) is 0.833. The molecular formula is C12H21N3O2. The number of hydrogen-bond acceptors (Lipinski definition) is 5. The monoisotopic (exact) mass is 239 g/mol. The number of rotatable bonds is 4. The molecule has 0 aromatic carbocycles. The molecule has 1 fully saturated rings. The third-order valence-electron chi connectivity index (χ3n) is 3.43. The van der Waals surface area contributed by atoms with Crippen LogP contribution in [0.25, 0.3) is 0 Å². The smallest absolute Gasteiger partial charge is 0.233 e. The lowest BCUT2D eigenvalue weighted by Crippen LogP contribution is -2.34. The minimum absolute atomic E-state index is 0.141. The highest BCUT2D eigenvalue weighted by Gasteiger charge is 2.32. The minimum atomic E-state index is -0.253. The Morgan fingerprint density at radius 3 is 2.82 bits per heavy atom. The van der Waals surface area contributed by atoms with Crippen molar-refractivity contribution in [3.63, 3.8) is 0 Å². The van der Waals surface area contributed by atoms with Crippen molar-refractivity contribution in [1.82, 2.24) is 15.1 Å². The van der Waals surface area contributed by atoms with E-state index in [0.29, 0.717) is 17.8 Å². The van der Waals surface area contributed by atoms with E-state index in [1.54, 1.807) is 6.92 Å². The Morgan fingerprint density at radius 2 is 2.24 bits per heavy atom. The van der Waals surface area contributed by atoms with Gasteiger partial charge in [0.25, 0.3) is 0 Å². The van der Waals surface area contributed by atoms with E-state index < -0.39 is 0 Å². The molecule has 0 radical (unpaired) electrons. The summed E-state index contributed by atoms with van der Waals surface area (Å²) in [6, 6.07) is 0.569. The third kappa shape index (κ3) is 2.84. The van der Waals surface area contributed by atoms with Crippen LogP contribution < -0.4 is 0 Å². The van der Waals surface area contributed by atoms with Gasteiger partial charge in [0.1, 0.15) is 0 Å². The molecule has 1 N–H and O–H groups in total. The lowest BCUT2D eigenvalue weighted by atomic mass is 10.1. The van der Waals surface area contributed by atoms with Crippen LogP contribution in [0.15, 0.2) is 4.42 Å². The summed E-state index contributed by atoms with van der Waals surface area (Å²) >= 11 is 0. The second-order valence-corrected chi connectivity index (χ2v) is 4.95. The van der Waals surface area contributed by atoms with Crippen LogP contribution in [0.2, 0.25) is 0 Å². The van der Waals surface area contributed by atoms with Gasteiger partial charge in [-0.3, -0.25) is 4.90 Å². The average Bonchev–Trinajstić information content (AvgIpc) is 2.85. The summed E-state index contributed by atoms with van der Waals surface area (Å²) in [6.07, 6.45) is 2.88. The van der Waals surface area contributed by atoms with E-state index in [1.165, 1.54) is 6.42 Å². The molecule has 1 aliphatic rings. The number of aliphatic hydroxyl groups is 1. The molecule has 0 aliphatic carbocycles. The number of likely N-dealkylation sites (tertiary alicyclic amines) is 1. The van der Waals surface area contributed by atoms with Gasteiger partial charge in [-0.15, -0.1) is 10.2 Å². The number of hydrogen-bond donors (Lipinski definition) is 1. The Labute approximate surface area is 102 Å². The Kier molecular flexibility index (Phi) is 3.79. The third-order valence-corrected chi connectivity index (χ3v) is 3.43. The summed E-state index contributed by atoms with van der Waals surface area (Å²) in [7, 11) is 0. The maximum absolute atomic E-state index is 9.51. The summed E-state index contributed by atoms with van der Waals surface area (Å²) in [5, 5.41) is 17.5. The number of aromatic nitrogens is 2. The van der Waals surface area contributed by atoms with Crippen LogP contribution in [0.3, 0.4) is 0 Å². The van der Waals surface area contributed by atoms with Gasteiger partial charge in [0.05, 0.1) is 12.1 Å². The van der Waals surface area contributed by atoms with Crippen molar-refractivity contribution < 1.29 is 9.52 Å². The molecule has 17 heavy (non-hydrogen) atoms. The zero-order valence-corrected chi connectivity index (χ0v) is 10.8. The first kappa shape index (κ1) is 12.5. The zero-order chi connectivity index (χ0) is 12.4. The van der Waals surface area contributed by atoms with E-state index in [9.17, 15) is 5.11 Å². The van der Waals surface area contributed by atoms with E-state index in [0.717, 1.165) is 19.4 Å². The molecule has 0 bridgehead atoms. The molecule has 1 aliphatic heterocycles. The van der Waals surface area contributed by atoms with Gasteiger partial charge in [-0.1, -0.05) is 0 Å². The lowest BCUT2D eigenvalue weighted by Gasteiger charge is -2.29. The summed E-state index contributed by atoms with van der Waals surface area (Å²) in [5.74, 6) is 1.29. The van der Waals surface area contributed by atoms with E-state index in [4.69, 9.17) is 4.42 Å². The van der Waals surface area contributed by atoms with Gasteiger partial charge in [-0.2, -0.15) is 0 Å². The van der Waals surface area contributed by atoms with Crippen molar-refractivity contribution in [3.8, 4) is 0 Å². The van der Waals surface area contributed by atoms with Gasteiger partial charge in [0.15, 0.2) is 0 Å². The predicted octanol–water partition coefficient (Wildman–Crippen LogP) is 1.67. The first-order valence-corrected chi connectivity index (χ1v) is 6.31. The molecule has 3 unspecified atom stereocenters. The van der Waals surface area contributed by atoms with Crippen LogP contribution in [-0.4, -0.2) is 38.9 Å². The van der Waals surface area contributed by atoms with Gasteiger partial charge in [-0.25, -0.2) is 0 Å². The molecule has 0 saturated carbocycles. The van der Waals surface area contributed by atoms with Crippen molar-refractivity contribution in [1.29, 1.82) is 0 Å². The van der Waals surface area contributed by atoms with Gasteiger partial charge in [0, 0.05) is 13.0 Å². The number of aryl methyl sites for hydroxylation is 1. The topological polar surface area (TPSA) is 62.4 Å². The zero-order valence-electron chi connectivity index (χ0n) is 10.8. The fourth-order valence-corrected chi connectivity index (χ4v) is 2.64. The lowest BCUT2D eigenvalue weighted by molar-refractivity contribution is 0.105. The summed E-state index contributed by atoms with van der Waals surface area (Å²) < 4.78 is 5.48. The molecular weight excluding hydrogens is 218 g/mol. The molecule has 0 amide bonds. The molecule has 0 spiro atoms. The highest BCUT2D eigenvalue weighted by Crippen LogP contribution is 2.30. The van der Waals surface area contributed by atoms with Crippen molar-refractivity contribution in [2.24, 2.45) is 0 Å². The maximum atomic E-state index is 9.51. The molecule has 5 nitrogen and oxygen atoms in total. The standard InChI is InChI=1S/C12H21N3O2/c1-8(16)7-11-5-4-6-15(11)9(2)12-14-13-10(3)17-12/h8-9,11,16H,4-7H2,1-3H3. The van der Waals surface area contributed by atoms with Gasteiger partial charge in [-0.05, 0) is 39.7 Å². The molecule has 1 saturated heterocycles. The van der Waals surface area contributed by atoms with Crippen LogP contribution >= 0.6 is 0 Å². The summed E-state index contributed by atoms with van der Waals surface area (Å²) in [4.78, 5) is 2.36. The Balaban J connectivity index is 2.05. The molecule has 96 valence electrons. The van der Waals surface area contributed by atoms with Crippen molar-refractivity contribution in [2.45, 2.75) is 58.2 Å².